The Hall–Kier alpha value is -4.45. The first-order chi connectivity index (χ1) is 17.8. The summed E-state index contributed by atoms with van der Waals surface area (Å²) in [6.07, 6.45) is 9.80. The summed E-state index contributed by atoms with van der Waals surface area (Å²) < 4.78 is 15.8. The zero-order chi connectivity index (χ0) is 26.9. The molecular weight excluding hydrogens is 461 g/mol. The van der Waals surface area contributed by atoms with E-state index in [2.05, 4.69) is 40.3 Å². The van der Waals surface area contributed by atoms with E-state index >= 15 is 4.39 Å². The Balaban J connectivity index is 1.87. The average molecular weight is 496 g/mol. The van der Waals surface area contributed by atoms with Crippen molar-refractivity contribution in [1.29, 1.82) is 0 Å². The van der Waals surface area contributed by atoms with E-state index < -0.39 is 5.82 Å². The van der Waals surface area contributed by atoms with E-state index in [1.807, 2.05) is 57.2 Å². The standard InChI is InChI=1S/C31H34FN5/c1-7-20(4)36-24(9-3)19-23(8-2)26-13-14-28(33)27(30(26)32)18-21(5)37-31-22(6)25(15-17-35-31)29-12-10-11-16-34-29/h8-17,19,36H,3-5,7,18,33H2,1-2,6H3,(H,35,37)/b23-8+,24-19+. The van der Waals surface area contributed by atoms with Crippen LogP contribution < -0.4 is 16.4 Å². The fraction of sp³-hybridized carbons (Fsp3) is 0.161. The Morgan fingerprint density at radius 2 is 1.86 bits per heavy atom. The number of hydrogen-bond acceptors (Lipinski definition) is 5. The van der Waals surface area contributed by atoms with Crippen molar-refractivity contribution in [1.82, 2.24) is 15.3 Å². The SMILES string of the molecule is C=C/C(=C\C(=C/C)c1ccc(N)c(CC(=C)Nc2nccc(-c3ccccn3)c2C)c1F)NC(=C)CC. The highest BCUT2D eigenvalue weighted by Gasteiger charge is 2.16. The number of nitrogens with zero attached hydrogens (tertiary/aromatic N) is 2. The molecule has 0 fully saturated rings. The number of aromatic nitrogens is 2. The van der Waals surface area contributed by atoms with Crippen LogP contribution in [-0.2, 0) is 6.42 Å². The van der Waals surface area contributed by atoms with Gasteiger partial charge in [-0.15, -0.1) is 0 Å². The molecule has 2 heterocycles. The van der Waals surface area contributed by atoms with Crippen LogP contribution in [-0.4, -0.2) is 9.97 Å². The Morgan fingerprint density at radius 3 is 2.51 bits per heavy atom. The summed E-state index contributed by atoms with van der Waals surface area (Å²) in [5, 5.41) is 6.44. The van der Waals surface area contributed by atoms with Crippen molar-refractivity contribution in [2.75, 3.05) is 11.1 Å². The summed E-state index contributed by atoms with van der Waals surface area (Å²) in [6, 6.07) is 11.1. The highest BCUT2D eigenvalue weighted by Crippen LogP contribution is 2.30. The van der Waals surface area contributed by atoms with Crippen molar-refractivity contribution in [2.45, 2.75) is 33.6 Å². The number of nitrogen functional groups attached to an aromatic ring is 1. The molecule has 0 unspecified atom stereocenters. The molecule has 3 rings (SSSR count). The molecule has 0 spiro atoms. The summed E-state index contributed by atoms with van der Waals surface area (Å²) in [4.78, 5) is 8.89. The summed E-state index contributed by atoms with van der Waals surface area (Å²) in [7, 11) is 0. The van der Waals surface area contributed by atoms with Crippen molar-refractivity contribution in [2.24, 2.45) is 0 Å². The first-order valence-corrected chi connectivity index (χ1v) is 12.1. The van der Waals surface area contributed by atoms with Crippen LogP contribution in [0.4, 0.5) is 15.9 Å². The molecule has 0 aliphatic heterocycles. The normalized spacial score (nSPS) is 11.7. The van der Waals surface area contributed by atoms with Crippen molar-refractivity contribution in [3.63, 3.8) is 0 Å². The third-order valence-electron chi connectivity index (χ3n) is 6.01. The Labute approximate surface area is 219 Å². The molecule has 3 aromatic rings. The number of benzene rings is 1. The number of hydrogen-bond donors (Lipinski definition) is 3. The second kappa shape index (κ2) is 12.5. The lowest BCUT2D eigenvalue weighted by atomic mass is 9.97. The molecule has 0 radical (unpaired) electrons. The van der Waals surface area contributed by atoms with E-state index in [1.165, 1.54) is 0 Å². The smallest absolute Gasteiger partial charge is 0.136 e. The van der Waals surface area contributed by atoms with Crippen LogP contribution in [0, 0.1) is 12.7 Å². The third kappa shape index (κ3) is 6.61. The molecule has 0 amide bonds. The minimum Gasteiger partial charge on any atom is -0.398 e. The lowest BCUT2D eigenvalue weighted by molar-refractivity contribution is 0.611. The fourth-order valence-electron chi connectivity index (χ4n) is 3.85. The zero-order valence-corrected chi connectivity index (χ0v) is 21.7. The third-order valence-corrected chi connectivity index (χ3v) is 6.01. The van der Waals surface area contributed by atoms with Gasteiger partial charge in [-0.1, -0.05) is 38.8 Å². The van der Waals surface area contributed by atoms with Gasteiger partial charge in [-0.2, -0.15) is 0 Å². The van der Waals surface area contributed by atoms with Crippen LogP contribution in [0.2, 0.25) is 0 Å². The van der Waals surface area contributed by atoms with Gasteiger partial charge in [0.1, 0.15) is 11.6 Å². The van der Waals surface area contributed by atoms with E-state index in [-0.39, 0.29) is 6.42 Å². The molecule has 6 heteroatoms. The van der Waals surface area contributed by atoms with Crippen LogP contribution in [0.15, 0.2) is 104 Å². The van der Waals surface area contributed by atoms with Gasteiger partial charge in [0.05, 0.1) is 5.69 Å². The number of pyridine rings is 2. The maximum atomic E-state index is 15.8. The first-order valence-electron chi connectivity index (χ1n) is 12.1. The van der Waals surface area contributed by atoms with Gasteiger partial charge in [-0.3, -0.25) is 4.98 Å². The van der Waals surface area contributed by atoms with E-state index in [1.54, 1.807) is 30.6 Å². The molecule has 37 heavy (non-hydrogen) atoms. The molecular formula is C31H34FN5. The second-order valence-corrected chi connectivity index (χ2v) is 8.58. The Kier molecular flexibility index (Phi) is 9.16. The summed E-state index contributed by atoms with van der Waals surface area (Å²) in [5.74, 6) is 0.246. The molecule has 2 aromatic heterocycles. The van der Waals surface area contributed by atoms with Crippen molar-refractivity contribution in [3.05, 3.63) is 126 Å². The highest BCUT2D eigenvalue weighted by molar-refractivity contribution is 5.77. The minimum atomic E-state index is -0.392. The molecule has 0 bridgehead atoms. The predicted octanol–water partition coefficient (Wildman–Crippen LogP) is 7.33. The molecule has 0 atom stereocenters. The maximum Gasteiger partial charge on any atom is 0.136 e. The second-order valence-electron chi connectivity index (χ2n) is 8.58. The number of halogens is 1. The largest absolute Gasteiger partial charge is 0.398 e. The summed E-state index contributed by atoms with van der Waals surface area (Å²) in [5.41, 5.74) is 13.0. The van der Waals surface area contributed by atoms with Gasteiger partial charge in [0.15, 0.2) is 0 Å². The van der Waals surface area contributed by atoms with Crippen LogP contribution in [0.25, 0.3) is 16.8 Å². The van der Waals surface area contributed by atoms with Gasteiger partial charge >= 0.3 is 0 Å². The zero-order valence-electron chi connectivity index (χ0n) is 21.7. The number of anilines is 2. The summed E-state index contributed by atoms with van der Waals surface area (Å²) in [6.45, 7) is 17.8. The lowest BCUT2D eigenvalue weighted by Crippen LogP contribution is -2.11. The average Bonchev–Trinajstić information content (AvgIpc) is 2.91. The van der Waals surface area contributed by atoms with E-state index in [0.717, 1.165) is 34.6 Å². The monoisotopic (exact) mass is 495 g/mol. The van der Waals surface area contributed by atoms with E-state index in [0.29, 0.717) is 33.9 Å². The van der Waals surface area contributed by atoms with Gasteiger partial charge in [0.25, 0.3) is 0 Å². The molecule has 190 valence electrons. The fourth-order valence-corrected chi connectivity index (χ4v) is 3.85. The topological polar surface area (TPSA) is 75.9 Å². The Morgan fingerprint density at radius 1 is 1.08 bits per heavy atom. The molecule has 0 saturated heterocycles. The van der Waals surface area contributed by atoms with Gasteiger partial charge < -0.3 is 16.4 Å². The first kappa shape index (κ1) is 27.1. The number of allylic oxidation sites excluding steroid dienone is 6. The van der Waals surface area contributed by atoms with Gasteiger partial charge in [-0.05, 0) is 68.3 Å². The molecule has 0 saturated carbocycles. The van der Waals surface area contributed by atoms with Crippen molar-refractivity contribution in [3.8, 4) is 11.3 Å². The molecule has 1 aromatic carbocycles. The molecule has 5 nitrogen and oxygen atoms in total. The number of rotatable bonds is 11. The Bertz CT molecular complexity index is 1370. The van der Waals surface area contributed by atoms with Gasteiger partial charge in [-0.25, -0.2) is 9.37 Å². The van der Waals surface area contributed by atoms with Crippen LogP contribution in [0.5, 0.6) is 0 Å². The molecule has 0 aliphatic rings. The quantitative estimate of drug-likeness (QED) is 0.192. The minimum absolute atomic E-state index is 0.195. The highest BCUT2D eigenvalue weighted by atomic mass is 19.1. The van der Waals surface area contributed by atoms with Gasteiger partial charge in [0.2, 0.25) is 0 Å². The molecule has 0 aliphatic carbocycles. The van der Waals surface area contributed by atoms with E-state index in [9.17, 15) is 0 Å². The maximum absolute atomic E-state index is 15.8. The molecule has 4 N–H and O–H groups in total. The van der Waals surface area contributed by atoms with Crippen LogP contribution >= 0.6 is 0 Å². The van der Waals surface area contributed by atoms with Crippen LogP contribution in [0.3, 0.4) is 0 Å². The van der Waals surface area contributed by atoms with Gasteiger partial charge in [0, 0.05) is 63.8 Å². The lowest BCUT2D eigenvalue weighted by Gasteiger charge is -2.17. The van der Waals surface area contributed by atoms with Crippen molar-refractivity contribution < 1.29 is 4.39 Å². The van der Waals surface area contributed by atoms with E-state index in [4.69, 9.17) is 5.73 Å². The van der Waals surface area contributed by atoms with Crippen molar-refractivity contribution >= 4 is 17.1 Å². The number of nitrogens with one attached hydrogen (secondary N) is 2. The van der Waals surface area contributed by atoms with Crippen LogP contribution in [0.1, 0.15) is 37.0 Å². The number of nitrogens with two attached hydrogens (primary N) is 1. The predicted molar refractivity (Wildman–Crippen MR) is 154 cm³/mol. The summed E-state index contributed by atoms with van der Waals surface area (Å²) >= 11 is 0.